The topological polar surface area (TPSA) is 46.2 Å². The minimum Gasteiger partial charge on any atom is -0.391 e. The first-order valence-corrected chi connectivity index (χ1v) is 5.42. The van der Waals surface area contributed by atoms with Crippen LogP contribution in [0.25, 0.3) is 0 Å². The van der Waals surface area contributed by atoms with E-state index in [4.69, 9.17) is 5.73 Å². The minimum atomic E-state index is -0.448. The second kappa shape index (κ2) is 4.93. The maximum atomic E-state index is 9.58. The lowest BCUT2D eigenvalue weighted by Crippen LogP contribution is -2.26. The lowest BCUT2D eigenvalue weighted by atomic mass is 10.0. The van der Waals surface area contributed by atoms with Crippen LogP contribution in [0, 0.1) is 3.57 Å². The molecule has 0 aliphatic heterocycles. The summed E-state index contributed by atoms with van der Waals surface area (Å²) in [5.74, 6) is 0. The Balaban J connectivity index is 2.88. The summed E-state index contributed by atoms with van der Waals surface area (Å²) in [4.78, 5) is 0. The quantitative estimate of drug-likeness (QED) is 0.837. The molecule has 13 heavy (non-hydrogen) atoms. The SMILES string of the molecule is CC[C@@H](O)[C@@H](N)c1ccccc1I. The van der Waals surface area contributed by atoms with Crippen molar-refractivity contribution in [2.75, 3.05) is 0 Å². The molecule has 0 fully saturated rings. The zero-order valence-corrected chi connectivity index (χ0v) is 9.73. The fourth-order valence-electron chi connectivity index (χ4n) is 1.21. The lowest BCUT2D eigenvalue weighted by Gasteiger charge is -2.18. The van der Waals surface area contributed by atoms with Crippen molar-refractivity contribution >= 4 is 22.6 Å². The van der Waals surface area contributed by atoms with Crippen molar-refractivity contribution in [3.8, 4) is 0 Å². The Hall–Kier alpha value is -0.130. The van der Waals surface area contributed by atoms with E-state index in [9.17, 15) is 5.11 Å². The summed E-state index contributed by atoms with van der Waals surface area (Å²) in [6.45, 7) is 1.93. The second-order valence-corrected chi connectivity index (χ2v) is 4.19. The average molecular weight is 291 g/mol. The molecule has 2 nitrogen and oxygen atoms in total. The highest BCUT2D eigenvalue weighted by molar-refractivity contribution is 14.1. The highest BCUT2D eigenvalue weighted by Gasteiger charge is 2.16. The van der Waals surface area contributed by atoms with Crippen LogP contribution in [0.3, 0.4) is 0 Å². The van der Waals surface area contributed by atoms with Crippen LogP contribution in [0.1, 0.15) is 24.9 Å². The Kier molecular flexibility index (Phi) is 4.15. The van der Waals surface area contributed by atoms with Crippen molar-refractivity contribution in [3.05, 3.63) is 33.4 Å². The predicted molar refractivity (Wildman–Crippen MR) is 62.4 cm³/mol. The fourth-order valence-corrected chi connectivity index (χ4v) is 1.95. The van der Waals surface area contributed by atoms with Crippen LogP contribution in [-0.2, 0) is 0 Å². The van der Waals surface area contributed by atoms with Crippen LogP contribution in [0.5, 0.6) is 0 Å². The normalized spacial score (nSPS) is 15.4. The van der Waals surface area contributed by atoms with Gasteiger partial charge in [-0.25, -0.2) is 0 Å². The van der Waals surface area contributed by atoms with Gasteiger partial charge < -0.3 is 10.8 Å². The van der Waals surface area contributed by atoms with E-state index in [2.05, 4.69) is 22.6 Å². The molecular weight excluding hydrogens is 277 g/mol. The zero-order valence-electron chi connectivity index (χ0n) is 7.57. The Morgan fingerprint density at radius 3 is 2.62 bits per heavy atom. The number of rotatable bonds is 3. The maximum Gasteiger partial charge on any atom is 0.0730 e. The van der Waals surface area contributed by atoms with Crippen molar-refractivity contribution in [1.29, 1.82) is 0 Å². The molecule has 1 aromatic rings. The summed E-state index contributed by atoms with van der Waals surface area (Å²) in [6, 6.07) is 7.61. The molecule has 72 valence electrons. The van der Waals surface area contributed by atoms with Crippen molar-refractivity contribution in [3.63, 3.8) is 0 Å². The van der Waals surface area contributed by atoms with E-state index in [0.717, 1.165) is 9.13 Å². The molecule has 0 aliphatic rings. The average Bonchev–Trinajstić information content (AvgIpc) is 2.16. The molecule has 0 amide bonds. The van der Waals surface area contributed by atoms with E-state index < -0.39 is 6.10 Å². The molecule has 3 N–H and O–H groups in total. The van der Waals surface area contributed by atoms with Crippen molar-refractivity contribution in [2.45, 2.75) is 25.5 Å². The molecule has 0 aromatic heterocycles. The fraction of sp³-hybridized carbons (Fsp3) is 0.400. The third-order valence-corrected chi connectivity index (χ3v) is 3.08. The van der Waals surface area contributed by atoms with Crippen LogP contribution >= 0.6 is 22.6 Å². The highest BCUT2D eigenvalue weighted by Crippen LogP contribution is 2.21. The summed E-state index contributed by atoms with van der Waals surface area (Å²) in [5, 5.41) is 9.58. The van der Waals surface area contributed by atoms with Crippen molar-refractivity contribution in [2.24, 2.45) is 5.73 Å². The third-order valence-electron chi connectivity index (χ3n) is 2.10. The zero-order chi connectivity index (χ0) is 9.84. The van der Waals surface area contributed by atoms with Crippen molar-refractivity contribution < 1.29 is 5.11 Å². The molecule has 0 aliphatic carbocycles. The molecule has 1 rings (SSSR count). The molecule has 0 radical (unpaired) electrons. The molecule has 0 saturated heterocycles. The Morgan fingerprint density at radius 2 is 2.08 bits per heavy atom. The molecule has 0 spiro atoms. The molecule has 0 bridgehead atoms. The van der Waals surface area contributed by atoms with Gasteiger partial charge in [0.2, 0.25) is 0 Å². The van der Waals surface area contributed by atoms with Gasteiger partial charge in [0.25, 0.3) is 0 Å². The molecule has 0 saturated carbocycles. The number of nitrogens with two attached hydrogens (primary N) is 1. The first-order chi connectivity index (χ1) is 6.16. The summed E-state index contributed by atoms with van der Waals surface area (Å²) in [7, 11) is 0. The van der Waals surface area contributed by atoms with Crippen LogP contribution in [0.2, 0.25) is 0 Å². The van der Waals surface area contributed by atoms with Crippen LogP contribution in [0.15, 0.2) is 24.3 Å². The van der Waals surface area contributed by atoms with Gasteiger partial charge in [-0.2, -0.15) is 0 Å². The van der Waals surface area contributed by atoms with E-state index in [0.29, 0.717) is 6.42 Å². The van der Waals surface area contributed by atoms with Gasteiger partial charge in [0.1, 0.15) is 0 Å². The minimum absolute atomic E-state index is 0.266. The van der Waals surface area contributed by atoms with E-state index in [-0.39, 0.29) is 6.04 Å². The van der Waals surface area contributed by atoms with E-state index in [1.165, 1.54) is 0 Å². The van der Waals surface area contributed by atoms with Gasteiger partial charge in [-0.1, -0.05) is 25.1 Å². The van der Waals surface area contributed by atoms with Gasteiger partial charge in [-0.05, 0) is 40.6 Å². The Morgan fingerprint density at radius 1 is 1.46 bits per heavy atom. The number of hydrogen-bond acceptors (Lipinski definition) is 2. The number of halogens is 1. The smallest absolute Gasteiger partial charge is 0.0730 e. The van der Waals surface area contributed by atoms with E-state index in [1.807, 2.05) is 31.2 Å². The highest BCUT2D eigenvalue weighted by atomic mass is 127. The summed E-state index contributed by atoms with van der Waals surface area (Å²) in [5.41, 5.74) is 6.92. The van der Waals surface area contributed by atoms with Crippen LogP contribution in [0.4, 0.5) is 0 Å². The van der Waals surface area contributed by atoms with E-state index in [1.54, 1.807) is 0 Å². The molecular formula is C10H14INO. The van der Waals surface area contributed by atoms with Gasteiger partial charge in [0, 0.05) is 3.57 Å². The van der Waals surface area contributed by atoms with Gasteiger partial charge in [-0.15, -0.1) is 0 Å². The third kappa shape index (κ3) is 2.65. The molecule has 3 heteroatoms. The first kappa shape index (κ1) is 10.9. The number of benzene rings is 1. The summed E-state index contributed by atoms with van der Waals surface area (Å²) in [6.07, 6.45) is 0.238. The molecule has 2 atom stereocenters. The van der Waals surface area contributed by atoms with Gasteiger partial charge >= 0.3 is 0 Å². The van der Waals surface area contributed by atoms with Crippen molar-refractivity contribution in [1.82, 2.24) is 0 Å². The Labute approximate surface area is 92.3 Å². The lowest BCUT2D eigenvalue weighted by molar-refractivity contribution is 0.140. The molecule has 0 unspecified atom stereocenters. The number of aliphatic hydroxyl groups is 1. The van der Waals surface area contributed by atoms with Gasteiger partial charge in [0.15, 0.2) is 0 Å². The van der Waals surface area contributed by atoms with E-state index >= 15 is 0 Å². The Bertz CT molecular complexity index is 277. The standard InChI is InChI=1S/C10H14INO/c1-2-9(13)10(12)7-5-3-4-6-8(7)11/h3-6,9-10,13H,2,12H2,1H3/t9-,10+/m1/s1. The summed E-state index contributed by atoms with van der Waals surface area (Å²) >= 11 is 2.23. The first-order valence-electron chi connectivity index (χ1n) is 4.35. The number of hydrogen-bond donors (Lipinski definition) is 2. The second-order valence-electron chi connectivity index (χ2n) is 3.02. The van der Waals surface area contributed by atoms with Gasteiger partial charge in [-0.3, -0.25) is 0 Å². The maximum absolute atomic E-state index is 9.58. The van der Waals surface area contributed by atoms with Crippen LogP contribution < -0.4 is 5.73 Å². The van der Waals surface area contributed by atoms with Crippen LogP contribution in [-0.4, -0.2) is 11.2 Å². The monoisotopic (exact) mass is 291 g/mol. The largest absolute Gasteiger partial charge is 0.391 e. The summed E-state index contributed by atoms with van der Waals surface area (Å²) < 4.78 is 1.11. The number of aliphatic hydroxyl groups excluding tert-OH is 1. The predicted octanol–water partition coefficient (Wildman–Crippen LogP) is 2.06. The molecule has 1 aromatic carbocycles. The van der Waals surface area contributed by atoms with Gasteiger partial charge in [0.05, 0.1) is 12.1 Å². The molecule has 0 heterocycles.